The van der Waals surface area contributed by atoms with Crippen molar-refractivity contribution in [2.75, 3.05) is 6.54 Å². The van der Waals surface area contributed by atoms with Crippen LogP contribution in [-0.2, 0) is 24.7 Å². The largest absolute Gasteiger partial charge is 0.339 e. The van der Waals surface area contributed by atoms with Gasteiger partial charge in [-0.25, -0.2) is 0 Å². The molecule has 1 amide bonds. The van der Waals surface area contributed by atoms with Crippen molar-refractivity contribution in [2.24, 2.45) is 7.05 Å². The van der Waals surface area contributed by atoms with Gasteiger partial charge in [0, 0.05) is 44.1 Å². The monoisotopic (exact) mass is 345 g/mol. The number of hydrogen-bond acceptors (Lipinski definition) is 5. The summed E-state index contributed by atoms with van der Waals surface area (Å²) in [5.74, 6) is 1.56. The van der Waals surface area contributed by atoms with Crippen LogP contribution in [-0.4, -0.2) is 37.3 Å². The molecule has 0 unspecified atom stereocenters. The summed E-state index contributed by atoms with van der Waals surface area (Å²) in [6.45, 7) is 6.94. The first kappa shape index (κ1) is 17.6. The highest BCUT2D eigenvalue weighted by molar-refractivity contribution is 5.77. The van der Waals surface area contributed by atoms with Gasteiger partial charge in [0.1, 0.15) is 0 Å². The Balaban J connectivity index is 1.61. The molecule has 2 aromatic rings. The lowest BCUT2D eigenvalue weighted by molar-refractivity contribution is -0.132. The predicted octanol–water partition coefficient (Wildman–Crippen LogP) is 2.67. The smallest absolute Gasteiger partial charge is 0.226 e. The summed E-state index contributed by atoms with van der Waals surface area (Å²) in [6, 6.07) is 0.163. The van der Waals surface area contributed by atoms with Crippen LogP contribution in [0.3, 0.4) is 0 Å². The zero-order valence-corrected chi connectivity index (χ0v) is 15.6. The number of rotatable bonds is 6. The second-order valence-electron chi connectivity index (χ2n) is 6.76. The van der Waals surface area contributed by atoms with Crippen molar-refractivity contribution in [3.63, 3.8) is 0 Å². The highest BCUT2D eigenvalue weighted by atomic mass is 16.5. The van der Waals surface area contributed by atoms with E-state index >= 15 is 0 Å². The summed E-state index contributed by atoms with van der Waals surface area (Å²) in [4.78, 5) is 19.1. The molecule has 2 aromatic heterocycles. The SMILES string of the molecule is CCc1noc(CCCC(=O)N2CCC[C@H]2c2c(C)nn(C)c2C)n1. The zero-order chi connectivity index (χ0) is 18.0. The van der Waals surface area contributed by atoms with Crippen LogP contribution in [0.15, 0.2) is 4.52 Å². The van der Waals surface area contributed by atoms with Gasteiger partial charge in [0.2, 0.25) is 11.8 Å². The minimum Gasteiger partial charge on any atom is -0.339 e. The molecule has 0 spiro atoms. The number of aromatic nitrogens is 4. The lowest BCUT2D eigenvalue weighted by Crippen LogP contribution is -2.31. The molecule has 1 aliphatic heterocycles. The molecule has 0 aliphatic carbocycles. The molecule has 0 bridgehead atoms. The molecule has 3 rings (SSSR count). The Bertz CT molecular complexity index is 749. The molecule has 25 heavy (non-hydrogen) atoms. The maximum absolute atomic E-state index is 12.7. The molecule has 136 valence electrons. The zero-order valence-electron chi connectivity index (χ0n) is 15.6. The summed E-state index contributed by atoms with van der Waals surface area (Å²) < 4.78 is 7.10. The first-order chi connectivity index (χ1) is 12.0. The number of likely N-dealkylation sites (tertiary alicyclic amines) is 1. The highest BCUT2D eigenvalue weighted by Gasteiger charge is 2.33. The molecule has 7 nitrogen and oxygen atoms in total. The van der Waals surface area contributed by atoms with Gasteiger partial charge in [-0.05, 0) is 33.1 Å². The van der Waals surface area contributed by atoms with E-state index < -0.39 is 0 Å². The molecule has 1 atom stereocenters. The van der Waals surface area contributed by atoms with Crippen LogP contribution in [0, 0.1) is 13.8 Å². The van der Waals surface area contributed by atoms with Crippen molar-refractivity contribution in [1.82, 2.24) is 24.8 Å². The van der Waals surface area contributed by atoms with E-state index in [1.54, 1.807) is 0 Å². The van der Waals surface area contributed by atoms with Crippen LogP contribution in [0.1, 0.15) is 67.3 Å². The van der Waals surface area contributed by atoms with E-state index in [2.05, 4.69) is 22.2 Å². The average molecular weight is 345 g/mol. The first-order valence-electron chi connectivity index (χ1n) is 9.12. The standard InChI is InChI=1S/C18H27N5O2/c1-5-15-19-16(25-21-15)9-6-10-17(24)23-11-7-8-14(23)18-12(2)20-22(4)13(18)3/h14H,5-11H2,1-4H3/t14-/m0/s1. The van der Waals surface area contributed by atoms with Crippen molar-refractivity contribution >= 4 is 5.91 Å². The number of carbonyl (C=O) groups excluding carboxylic acids is 1. The van der Waals surface area contributed by atoms with Crippen molar-refractivity contribution in [2.45, 2.75) is 65.3 Å². The molecule has 1 fully saturated rings. The third kappa shape index (κ3) is 3.60. The van der Waals surface area contributed by atoms with Gasteiger partial charge >= 0.3 is 0 Å². The molecule has 0 saturated carbocycles. The summed E-state index contributed by atoms with van der Waals surface area (Å²) in [5, 5.41) is 8.40. The molecule has 3 heterocycles. The van der Waals surface area contributed by atoms with Gasteiger partial charge in [0.05, 0.1) is 11.7 Å². The molecular formula is C18H27N5O2. The average Bonchev–Trinajstić information content (AvgIpc) is 3.28. The van der Waals surface area contributed by atoms with Crippen molar-refractivity contribution in [1.29, 1.82) is 0 Å². The Morgan fingerprint density at radius 1 is 1.36 bits per heavy atom. The van der Waals surface area contributed by atoms with Crippen molar-refractivity contribution in [3.05, 3.63) is 28.7 Å². The van der Waals surface area contributed by atoms with E-state index in [4.69, 9.17) is 4.52 Å². The first-order valence-corrected chi connectivity index (χ1v) is 9.12. The van der Waals surface area contributed by atoms with Gasteiger partial charge in [-0.1, -0.05) is 12.1 Å². The van der Waals surface area contributed by atoms with E-state index in [0.717, 1.165) is 49.4 Å². The molecule has 0 N–H and O–H groups in total. The predicted molar refractivity (Wildman–Crippen MR) is 93.0 cm³/mol. The fourth-order valence-corrected chi connectivity index (χ4v) is 3.71. The van der Waals surface area contributed by atoms with Crippen molar-refractivity contribution in [3.8, 4) is 0 Å². The minimum absolute atomic E-state index is 0.163. The van der Waals surface area contributed by atoms with Gasteiger partial charge in [0.15, 0.2) is 5.82 Å². The number of amides is 1. The molecule has 7 heteroatoms. The van der Waals surface area contributed by atoms with Gasteiger partial charge in [0.25, 0.3) is 0 Å². The number of aryl methyl sites for hydroxylation is 4. The Hall–Kier alpha value is -2.18. The topological polar surface area (TPSA) is 77.0 Å². The second kappa shape index (κ2) is 7.37. The van der Waals surface area contributed by atoms with Gasteiger partial charge in [-0.2, -0.15) is 10.1 Å². The summed E-state index contributed by atoms with van der Waals surface area (Å²) >= 11 is 0. The highest BCUT2D eigenvalue weighted by Crippen LogP contribution is 2.35. The van der Waals surface area contributed by atoms with E-state index in [-0.39, 0.29) is 11.9 Å². The van der Waals surface area contributed by atoms with Crippen LogP contribution >= 0.6 is 0 Å². The molecule has 1 saturated heterocycles. The lowest BCUT2D eigenvalue weighted by atomic mass is 10.0. The number of carbonyl (C=O) groups is 1. The maximum Gasteiger partial charge on any atom is 0.226 e. The Kier molecular flexibility index (Phi) is 5.20. The Morgan fingerprint density at radius 3 is 2.80 bits per heavy atom. The van der Waals surface area contributed by atoms with Gasteiger partial charge in [-0.3, -0.25) is 9.48 Å². The summed E-state index contributed by atoms with van der Waals surface area (Å²) in [7, 11) is 1.96. The molecule has 1 aliphatic rings. The van der Waals surface area contributed by atoms with E-state index in [1.807, 2.05) is 30.5 Å². The second-order valence-corrected chi connectivity index (χ2v) is 6.76. The van der Waals surface area contributed by atoms with Crippen LogP contribution < -0.4 is 0 Å². The minimum atomic E-state index is 0.163. The van der Waals surface area contributed by atoms with E-state index in [9.17, 15) is 4.79 Å². The quantitative estimate of drug-likeness (QED) is 0.804. The fourth-order valence-electron chi connectivity index (χ4n) is 3.71. The third-order valence-corrected chi connectivity index (χ3v) is 5.08. The molecule has 0 aromatic carbocycles. The van der Waals surface area contributed by atoms with E-state index in [1.165, 1.54) is 5.56 Å². The van der Waals surface area contributed by atoms with Crippen molar-refractivity contribution < 1.29 is 9.32 Å². The normalized spacial score (nSPS) is 17.4. The Labute approximate surface area is 148 Å². The molecule has 0 radical (unpaired) electrons. The Morgan fingerprint density at radius 2 is 2.16 bits per heavy atom. The van der Waals surface area contributed by atoms with Crippen LogP contribution in [0.4, 0.5) is 0 Å². The lowest BCUT2D eigenvalue weighted by Gasteiger charge is -2.25. The van der Waals surface area contributed by atoms with E-state index in [0.29, 0.717) is 18.7 Å². The van der Waals surface area contributed by atoms with Gasteiger partial charge in [-0.15, -0.1) is 0 Å². The maximum atomic E-state index is 12.7. The fraction of sp³-hybridized carbons (Fsp3) is 0.667. The molecular weight excluding hydrogens is 318 g/mol. The van der Waals surface area contributed by atoms with Crippen LogP contribution in [0.5, 0.6) is 0 Å². The van der Waals surface area contributed by atoms with Gasteiger partial charge < -0.3 is 9.42 Å². The summed E-state index contributed by atoms with van der Waals surface area (Å²) in [5.41, 5.74) is 3.40. The number of hydrogen-bond donors (Lipinski definition) is 0. The summed E-state index contributed by atoms with van der Waals surface area (Å²) in [6.07, 6.45) is 4.73. The van der Waals surface area contributed by atoms with Crippen LogP contribution in [0.25, 0.3) is 0 Å². The van der Waals surface area contributed by atoms with Crippen LogP contribution in [0.2, 0.25) is 0 Å². The number of nitrogens with zero attached hydrogens (tertiary/aromatic N) is 5. The third-order valence-electron chi connectivity index (χ3n) is 5.08.